The van der Waals surface area contributed by atoms with E-state index in [9.17, 15) is 9.59 Å². The zero-order valence-electron chi connectivity index (χ0n) is 16.1. The quantitative estimate of drug-likeness (QED) is 0.813. The van der Waals surface area contributed by atoms with Crippen molar-refractivity contribution in [3.8, 4) is 5.75 Å². The van der Waals surface area contributed by atoms with E-state index >= 15 is 0 Å². The van der Waals surface area contributed by atoms with Crippen LogP contribution in [0.5, 0.6) is 5.75 Å². The molecule has 1 aromatic carbocycles. The van der Waals surface area contributed by atoms with Crippen molar-refractivity contribution in [2.24, 2.45) is 0 Å². The number of ether oxygens (including phenoxy) is 2. The smallest absolute Gasteiger partial charge is 0.410 e. The predicted octanol–water partition coefficient (Wildman–Crippen LogP) is 3.09. The number of methoxy groups -OCH3 is 1. The normalized spacial score (nSPS) is 18.5. The Balaban J connectivity index is 1.61. The number of piperidine rings is 1. The highest BCUT2D eigenvalue weighted by Gasteiger charge is 2.34. The van der Waals surface area contributed by atoms with Gasteiger partial charge in [0.2, 0.25) is 0 Å². The van der Waals surface area contributed by atoms with Crippen molar-refractivity contribution in [2.45, 2.75) is 51.7 Å². The van der Waals surface area contributed by atoms with Gasteiger partial charge < -0.3 is 19.3 Å². The number of hydrogen-bond acceptors (Lipinski definition) is 4. The lowest BCUT2D eigenvalue weighted by atomic mass is 9.94. The molecule has 0 unspecified atom stereocenters. The van der Waals surface area contributed by atoms with Gasteiger partial charge in [-0.2, -0.15) is 0 Å². The summed E-state index contributed by atoms with van der Waals surface area (Å²) in [5.41, 5.74) is 1.34. The van der Waals surface area contributed by atoms with E-state index in [-0.39, 0.29) is 18.0 Å². The topological polar surface area (TPSA) is 59.1 Å². The fourth-order valence-electron chi connectivity index (χ4n) is 3.64. The third kappa shape index (κ3) is 3.94. The Hall–Kier alpha value is -2.24. The van der Waals surface area contributed by atoms with E-state index in [2.05, 4.69) is 0 Å². The van der Waals surface area contributed by atoms with Crippen LogP contribution in [-0.2, 0) is 11.2 Å². The molecule has 2 aliphatic rings. The highest BCUT2D eigenvalue weighted by atomic mass is 16.6. The van der Waals surface area contributed by atoms with Gasteiger partial charge in [-0.1, -0.05) is 0 Å². The molecule has 0 atom stereocenters. The molecule has 0 aromatic heterocycles. The first-order valence-electron chi connectivity index (χ1n) is 9.24. The molecule has 0 bridgehead atoms. The Kier molecular flexibility index (Phi) is 5.12. The van der Waals surface area contributed by atoms with Gasteiger partial charge in [0.25, 0.3) is 5.91 Å². The van der Waals surface area contributed by atoms with E-state index in [0.29, 0.717) is 13.1 Å². The number of nitrogens with zero attached hydrogens (tertiary/aromatic N) is 2. The largest absolute Gasteiger partial charge is 0.497 e. The van der Waals surface area contributed by atoms with Crippen molar-refractivity contribution in [1.82, 2.24) is 9.80 Å². The molecule has 0 N–H and O–H groups in total. The summed E-state index contributed by atoms with van der Waals surface area (Å²) >= 11 is 0. The van der Waals surface area contributed by atoms with Crippen LogP contribution in [0.1, 0.15) is 49.5 Å². The lowest BCUT2D eigenvalue weighted by molar-refractivity contribution is 0.0144. The van der Waals surface area contributed by atoms with Crippen LogP contribution in [0.4, 0.5) is 4.79 Å². The number of carbonyl (C=O) groups excluding carboxylic acids is 2. The molecule has 0 saturated carbocycles. The molecule has 1 aromatic rings. The fourth-order valence-corrected chi connectivity index (χ4v) is 3.64. The molecule has 1 saturated heterocycles. The van der Waals surface area contributed by atoms with Gasteiger partial charge in [0.05, 0.1) is 7.11 Å². The van der Waals surface area contributed by atoms with Crippen molar-refractivity contribution in [1.29, 1.82) is 0 Å². The maximum absolute atomic E-state index is 12.9. The third-order valence-corrected chi connectivity index (χ3v) is 4.98. The van der Waals surface area contributed by atoms with Crippen LogP contribution >= 0.6 is 0 Å². The summed E-state index contributed by atoms with van der Waals surface area (Å²) in [4.78, 5) is 28.8. The summed E-state index contributed by atoms with van der Waals surface area (Å²) in [7, 11) is 1.64. The molecule has 3 rings (SSSR count). The highest BCUT2D eigenvalue weighted by molar-refractivity contribution is 5.97. The number of amides is 2. The van der Waals surface area contributed by atoms with E-state index < -0.39 is 5.60 Å². The van der Waals surface area contributed by atoms with Crippen LogP contribution in [0.3, 0.4) is 0 Å². The Morgan fingerprint density at radius 1 is 1.15 bits per heavy atom. The van der Waals surface area contributed by atoms with E-state index in [1.807, 2.05) is 43.9 Å². The Morgan fingerprint density at radius 2 is 1.85 bits per heavy atom. The third-order valence-electron chi connectivity index (χ3n) is 4.98. The minimum atomic E-state index is -0.485. The monoisotopic (exact) mass is 360 g/mol. The number of hydrogen-bond donors (Lipinski definition) is 0. The SMILES string of the molecule is COc1ccc2c(c1)CCN(C1CCN(C(=O)OC(C)(C)C)CC1)C2=O. The van der Waals surface area contributed by atoms with Crippen molar-refractivity contribution >= 4 is 12.0 Å². The number of rotatable bonds is 2. The molecule has 1 fully saturated rings. The van der Waals surface area contributed by atoms with E-state index in [0.717, 1.165) is 42.7 Å². The Labute approximate surface area is 155 Å². The molecule has 6 heteroatoms. The zero-order chi connectivity index (χ0) is 18.9. The first kappa shape index (κ1) is 18.5. The summed E-state index contributed by atoms with van der Waals surface area (Å²) < 4.78 is 10.7. The molecule has 0 radical (unpaired) electrons. The minimum absolute atomic E-state index is 0.0876. The summed E-state index contributed by atoms with van der Waals surface area (Å²) in [5.74, 6) is 0.875. The van der Waals surface area contributed by atoms with Crippen molar-refractivity contribution < 1.29 is 19.1 Å². The van der Waals surface area contributed by atoms with Gasteiger partial charge in [0, 0.05) is 31.2 Å². The van der Waals surface area contributed by atoms with Gasteiger partial charge >= 0.3 is 6.09 Å². The molecule has 142 valence electrons. The maximum Gasteiger partial charge on any atom is 0.410 e. The van der Waals surface area contributed by atoms with Gasteiger partial charge in [-0.15, -0.1) is 0 Å². The summed E-state index contributed by atoms with van der Waals surface area (Å²) in [6, 6.07) is 5.83. The highest BCUT2D eigenvalue weighted by Crippen LogP contribution is 2.28. The van der Waals surface area contributed by atoms with Gasteiger partial charge in [0.15, 0.2) is 0 Å². The standard InChI is InChI=1S/C20H28N2O4/c1-20(2,3)26-19(24)21-10-8-15(9-11-21)22-12-7-14-13-16(25-4)5-6-17(14)18(22)23/h5-6,13,15H,7-12H2,1-4H3. The fraction of sp³-hybridized carbons (Fsp3) is 0.600. The van der Waals surface area contributed by atoms with Crippen LogP contribution in [-0.4, -0.2) is 60.2 Å². The molecule has 2 aliphatic heterocycles. The predicted molar refractivity (Wildman–Crippen MR) is 98.6 cm³/mol. The van der Waals surface area contributed by atoms with Crippen molar-refractivity contribution in [3.05, 3.63) is 29.3 Å². The Bertz CT molecular complexity index is 688. The molecule has 0 spiro atoms. The molecular formula is C20H28N2O4. The second kappa shape index (κ2) is 7.17. The van der Waals surface area contributed by atoms with Crippen LogP contribution in [0, 0.1) is 0 Å². The molecule has 0 aliphatic carbocycles. The van der Waals surface area contributed by atoms with Crippen LogP contribution in [0.2, 0.25) is 0 Å². The van der Waals surface area contributed by atoms with Gasteiger partial charge in [0.1, 0.15) is 11.4 Å². The molecule has 2 heterocycles. The van der Waals surface area contributed by atoms with Gasteiger partial charge in [-0.25, -0.2) is 4.79 Å². The second-order valence-electron chi connectivity index (χ2n) is 7.97. The number of carbonyl (C=O) groups is 2. The van der Waals surface area contributed by atoms with Crippen LogP contribution in [0.25, 0.3) is 0 Å². The summed E-state index contributed by atoms with van der Waals surface area (Å²) in [5, 5.41) is 0. The Morgan fingerprint density at radius 3 is 2.46 bits per heavy atom. The van der Waals surface area contributed by atoms with E-state index in [4.69, 9.17) is 9.47 Å². The minimum Gasteiger partial charge on any atom is -0.497 e. The second-order valence-corrected chi connectivity index (χ2v) is 7.97. The van der Waals surface area contributed by atoms with Crippen molar-refractivity contribution in [3.63, 3.8) is 0 Å². The molecule has 26 heavy (non-hydrogen) atoms. The van der Waals surface area contributed by atoms with Crippen LogP contribution in [0.15, 0.2) is 18.2 Å². The van der Waals surface area contributed by atoms with E-state index in [1.165, 1.54) is 0 Å². The lowest BCUT2D eigenvalue weighted by Crippen LogP contribution is -2.51. The zero-order valence-corrected chi connectivity index (χ0v) is 16.1. The van der Waals surface area contributed by atoms with Gasteiger partial charge in [-0.3, -0.25) is 4.79 Å². The van der Waals surface area contributed by atoms with Crippen molar-refractivity contribution in [2.75, 3.05) is 26.7 Å². The van der Waals surface area contributed by atoms with Crippen LogP contribution < -0.4 is 4.74 Å². The molecule has 6 nitrogen and oxygen atoms in total. The summed E-state index contributed by atoms with van der Waals surface area (Å²) in [6.07, 6.45) is 2.15. The van der Waals surface area contributed by atoms with E-state index in [1.54, 1.807) is 12.0 Å². The number of fused-ring (bicyclic) bond motifs is 1. The lowest BCUT2D eigenvalue weighted by Gasteiger charge is -2.40. The summed E-state index contributed by atoms with van der Waals surface area (Å²) in [6.45, 7) is 7.58. The molecular weight excluding hydrogens is 332 g/mol. The molecule has 2 amide bonds. The maximum atomic E-state index is 12.9. The first-order chi connectivity index (χ1) is 12.3. The average molecular weight is 360 g/mol. The number of benzene rings is 1. The first-order valence-corrected chi connectivity index (χ1v) is 9.24. The van der Waals surface area contributed by atoms with Gasteiger partial charge in [-0.05, 0) is 63.8 Å². The average Bonchev–Trinajstić information content (AvgIpc) is 2.60. The number of likely N-dealkylation sites (tertiary alicyclic amines) is 1.